The molecular weight excluding hydrogens is 264 g/mol. The van der Waals surface area contributed by atoms with Crippen LogP contribution in [0.4, 0.5) is 14.5 Å². The van der Waals surface area contributed by atoms with Crippen LogP contribution in [0.5, 0.6) is 5.75 Å². The van der Waals surface area contributed by atoms with E-state index in [-0.39, 0.29) is 5.82 Å². The van der Waals surface area contributed by atoms with Crippen LogP contribution in [0.2, 0.25) is 0 Å². The molecule has 2 N–H and O–H groups in total. The average molecular weight is 283 g/mol. The summed E-state index contributed by atoms with van der Waals surface area (Å²) in [5, 5.41) is 6.14. The van der Waals surface area contributed by atoms with Crippen molar-refractivity contribution in [3.05, 3.63) is 24.0 Å². The molecule has 2 aliphatic heterocycles. The van der Waals surface area contributed by atoms with Gasteiger partial charge in [-0.25, -0.2) is 8.78 Å². The molecule has 3 rings (SSSR count). The number of alkyl halides is 1. The highest BCUT2D eigenvalue weighted by Gasteiger charge is 2.28. The number of hydrogen-bond acceptors (Lipinski definition) is 4. The molecule has 4 nitrogen and oxygen atoms in total. The molecule has 0 aliphatic carbocycles. The Hall–Kier alpha value is -1.40. The summed E-state index contributed by atoms with van der Waals surface area (Å²) in [7, 11) is 0. The molecule has 110 valence electrons. The monoisotopic (exact) mass is 283 g/mol. The second kappa shape index (κ2) is 5.93. The van der Waals surface area contributed by atoms with E-state index in [1.165, 1.54) is 6.07 Å². The standard InChI is InChI=1S/C14H19F2N3O/c15-11-7-10(20-14-9-18-8-12(14)16)1-2-13(11)19-5-3-17-4-6-19/h1-2,7,12,14,17-18H,3-6,8-9H2/t12-,14-/m1/s1. The van der Waals surface area contributed by atoms with Gasteiger partial charge in [-0.1, -0.05) is 0 Å². The van der Waals surface area contributed by atoms with Crippen molar-refractivity contribution in [1.82, 2.24) is 10.6 Å². The van der Waals surface area contributed by atoms with Gasteiger partial charge in [-0.2, -0.15) is 0 Å². The second-order valence-electron chi connectivity index (χ2n) is 5.18. The highest BCUT2D eigenvalue weighted by Crippen LogP contribution is 2.26. The largest absolute Gasteiger partial charge is 0.486 e. The number of piperazine rings is 1. The lowest BCUT2D eigenvalue weighted by Crippen LogP contribution is -2.43. The Bertz CT molecular complexity index is 466. The third kappa shape index (κ3) is 2.86. The van der Waals surface area contributed by atoms with Gasteiger partial charge >= 0.3 is 0 Å². The summed E-state index contributed by atoms with van der Waals surface area (Å²) in [6.07, 6.45) is -1.56. The van der Waals surface area contributed by atoms with E-state index in [1.807, 2.05) is 4.90 Å². The van der Waals surface area contributed by atoms with Crippen molar-refractivity contribution in [1.29, 1.82) is 0 Å². The fourth-order valence-corrected chi connectivity index (χ4v) is 2.64. The number of nitrogens with zero attached hydrogens (tertiary/aromatic N) is 1. The van der Waals surface area contributed by atoms with Gasteiger partial charge in [0.25, 0.3) is 0 Å². The maximum Gasteiger partial charge on any atom is 0.150 e. The van der Waals surface area contributed by atoms with E-state index in [0.717, 1.165) is 26.2 Å². The fraction of sp³-hybridized carbons (Fsp3) is 0.571. The zero-order valence-corrected chi connectivity index (χ0v) is 11.2. The molecule has 0 amide bonds. The van der Waals surface area contributed by atoms with Gasteiger partial charge in [0, 0.05) is 45.3 Å². The van der Waals surface area contributed by atoms with Crippen LogP contribution in [-0.2, 0) is 0 Å². The topological polar surface area (TPSA) is 36.5 Å². The van der Waals surface area contributed by atoms with Gasteiger partial charge in [0.05, 0.1) is 5.69 Å². The van der Waals surface area contributed by atoms with Crippen LogP contribution < -0.4 is 20.3 Å². The predicted molar refractivity (Wildman–Crippen MR) is 73.7 cm³/mol. The molecule has 1 aromatic carbocycles. The SMILES string of the molecule is Fc1cc(O[C@@H]2CNC[C@H]2F)ccc1N1CCNCC1. The zero-order valence-electron chi connectivity index (χ0n) is 11.2. The van der Waals surface area contributed by atoms with E-state index in [0.29, 0.717) is 24.5 Å². The molecular formula is C14H19F2N3O. The van der Waals surface area contributed by atoms with Gasteiger partial charge < -0.3 is 20.3 Å². The minimum atomic E-state index is -1.04. The molecule has 2 atom stereocenters. The average Bonchev–Trinajstić information content (AvgIpc) is 2.85. The van der Waals surface area contributed by atoms with Crippen LogP contribution in [0.1, 0.15) is 0 Å². The lowest BCUT2D eigenvalue weighted by Gasteiger charge is -2.29. The molecule has 2 saturated heterocycles. The summed E-state index contributed by atoms with van der Waals surface area (Å²) in [5.41, 5.74) is 0.584. The Morgan fingerprint density at radius 1 is 1.15 bits per heavy atom. The quantitative estimate of drug-likeness (QED) is 0.865. The smallest absolute Gasteiger partial charge is 0.150 e. The molecule has 1 aromatic rings. The molecule has 2 heterocycles. The Morgan fingerprint density at radius 3 is 2.60 bits per heavy atom. The molecule has 6 heteroatoms. The number of halogens is 2. The van der Waals surface area contributed by atoms with Gasteiger partial charge in [-0.3, -0.25) is 0 Å². The van der Waals surface area contributed by atoms with E-state index < -0.39 is 12.3 Å². The normalized spacial score (nSPS) is 26.8. The maximum atomic E-state index is 14.2. The molecule has 0 bridgehead atoms. The molecule has 0 spiro atoms. The van der Waals surface area contributed by atoms with Crippen LogP contribution in [-0.4, -0.2) is 51.5 Å². The van der Waals surface area contributed by atoms with Gasteiger partial charge in [-0.15, -0.1) is 0 Å². The number of hydrogen-bond donors (Lipinski definition) is 2. The number of nitrogens with one attached hydrogen (secondary N) is 2. The molecule has 2 aliphatic rings. The Balaban J connectivity index is 1.70. The van der Waals surface area contributed by atoms with Crippen molar-refractivity contribution in [2.24, 2.45) is 0 Å². The lowest BCUT2D eigenvalue weighted by molar-refractivity contribution is 0.139. The van der Waals surface area contributed by atoms with Crippen LogP contribution in [0, 0.1) is 5.82 Å². The van der Waals surface area contributed by atoms with Crippen molar-refractivity contribution in [3.63, 3.8) is 0 Å². The van der Waals surface area contributed by atoms with Gasteiger partial charge in [0.15, 0.2) is 6.17 Å². The second-order valence-corrected chi connectivity index (χ2v) is 5.18. The first-order chi connectivity index (χ1) is 9.74. The third-order valence-corrected chi connectivity index (χ3v) is 3.75. The van der Waals surface area contributed by atoms with Crippen molar-refractivity contribution < 1.29 is 13.5 Å². The van der Waals surface area contributed by atoms with E-state index >= 15 is 0 Å². The molecule has 0 saturated carbocycles. The van der Waals surface area contributed by atoms with E-state index in [4.69, 9.17) is 4.74 Å². The third-order valence-electron chi connectivity index (χ3n) is 3.75. The fourth-order valence-electron chi connectivity index (χ4n) is 2.64. The molecule has 0 aromatic heterocycles. The Labute approximate surface area is 117 Å². The summed E-state index contributed by atoms with van der Waals surface area (Å²) >= 11 is 0. The minimum absolute atomic E-state index is 0.298. The van der Waals surface area contributed by atoms with E-state index in [2.05, 4.69) is 10.6 Å². The zero-order chi connectivity index (χ0) is 13.9. The molecule has 20 heavy (non-hydrogen) atoms. The van der Waals surface area contributed by atoms with Crippen LogP contribution >= 0.6 is 0 Å². The number of ether oxygens (including phenoxy) is 1. The van der Waals surface area contributed by atoms with E-state index in [1.54, 1.807) is 12.1 Å². The van der Waals surface area contributed by atoms with E-state index in [9.17, 15) is 8.78 Å². The first kappa shape index (κ1) is 13.6. The summed E-state index contributed by atoms with van der Waals surface area (Å²) in [4.78, 5) is 2.00. The Morgan fingerprint density at radius 2 is 1.95 bits per heavy atom. The number of rotatable bonds is 3. The van der Waals surface area contributed by atoms with Crippen molar-refractivity contribution in [2.45, 2.75) is 12.3 Å². The Kier molecular flexibility index (Phi) is 4.03. The first-order valence-corrected chi connectivity index (χ1v) is 7.01. The summed E-state index contributed by atoms with van der Waals surface area (Å²) in [6, 6.07) is 4.78. The van der Waals surface area contributed by atoms with Crippen molar-refractivity contribution in [3.8, 4) is 5.75 Å². The van der Waals surface area contributed by atoms with Crippen LogP contribution in [0.25, 0.3) is 0 Å². The summed E-state index contributed by atoms with van der Waals surface area (Å²) < 4.78 is 33.1. The number of benzene rings is 1. The summed E-state index contributed by atoms with van der Waals surface area (Å²) in [6.45, 7) is 4.05. The number of anilines is 1. The molecule has 0 radical (unpaired) electrons. The van der Waals surface area contributed by atoms with Gasteiger partial charge in [0.2, 0.25) is 0 Å². The van der Waals surface area contributed by atoms with Crippen molar-refractivity contribution >= 4 is 5.69 Å². The van der Waals surface area contributed by atoms with Crippen LogP contribution in [0.15, 0.2) is 18.2 Å². The molecule has 0 unspecified atom stereocenters. The van der Waals surface area contributed by atoms with Crippen molar-refractivity contribution in [2.75, 3.05) is 44.2 Å². The highest BCUT2D eigenvalue weighted by atomic mass is 19.1. The summed E-state index contributed by atoms with van der Waals surface area (Å²) in [5.74, 6) is 0.0727. The highest BCUT2D eigenvalue weighted by molar-refractivity contribution is 5.51. The van der Waals surface area contributed by atoms with Crippen LogP contribution in [0.3, 0.4) is 0 Å². The lowest BCUT2D eigenvalue weighted by atomic mass is 10.2. The first-order valence-electron chi connectivity index (χ1n) is 7.01. The predicted octanol–water partition coefficient (Wildman–Crippen LogP) is 0.924. The minimum Gasteiger partial charge on any atom is -0.486 e. The molecule has 2 fully saturated rings. The van der Waals surface area contributed by atoms with Gasteiger partial charge in [-0.05, 0) is 12.1 Å². The van der Waals surface area contributed by atoms with Gasteiger partial charge in [0.1, 0.15) is 17.7 Å². The maximum absolute atomic E-state index is 14.2.